The molecule has 320 valence electrons. The van der Waals surface area contributed by atoms with Gasteiger partial charge in [-0.3, -0.25) is 0 Å². The van der Waals surface area contributed by atoms with Crippen molar-refractivity contribution in [1.29, 1.82) is 0 Å². The van der Waals surface area contributed by atoms with Crippen LogP contribution in [0.3, 0.4) is 0 Å². The number of carbonyl (C=O) groups is 1. The summed E-state index contributed by atoms with van der Waals surface area (Å²) in [6.45, 7) is 4.40. The van der Waals surface area contributed by atoms with Gasteiger partial charge in [-0.05, 0) is 114 Å². The van der Waals surface area contributed by atoms with Crippen molar-refractivity contribution < 1.29 is 45.7 Å². The molecule has 0 bridgehead atoms. The lowest BCUT2D eigenvalue weighted by Gasteiger charge is -2.26. The summed E-state index contributed by atoms with van der Waals surface area (Å²) in [7, 11) is -5.02. The number of methoxy groups -OCH3 is 3. The number of nitrogens with one attached hydrogen (secondary N) is 1. The summed E-state index contributed by atoms with van der Waals surface area (Å²) in [4.78, 5) is 14.1. The van der Waals surface area contributed by atoms with Gasteiger partial charge in [-0.25, -0.2) is 26.4 Å². The summed E-state index contributed by atoms with van der Waals surface area (Å²) >= 11 is 1.92. The first kappa shape index (κ1) is 44.7. The Morgan fingerprint density at radius 1 is 0.817 bits per heavy atom. The minimum atomic E-state index is -4.82. The number of aliphatic hydroxyl groups excluding tert-OH is 1. The van der Waals surface area contributed by atoms with Crippen molar-refractivity contribution in [3.8, 4) is 28.6 Å². The Morgan fingerprint density at radius 2 is 1.33 bits per heavy atom. The van der Waals surface area contributed by atoms with E-state index in [4.69, 9.17) is 18.9 Å². The van der Waals surface area contributed by atoms with E-state index in [0.29, 0.717) is 31.9 Å². The van der Waals surface area contributed by atoms with E-state index in [1.807, 2.05) is 34.7 Å². The van der Waals surface area contributed by atoms with Gasteiger partial charge in [0.25, 0.3) is 0 Å². The number of tetrazole rings is 1. The van der Waals surface area contributed by atoms with Gasteiger partial charge < -0.3 is 29.0 Å². The minimum absolute atomic E-state index is 0.101. The Balaban J connectivity index is 1.48. The van der Waals surface area contributed by atoms with Crippen molar-refractivity contribution in [2.24, 2.45) is 0 Å². The van der Waals surface area contributed by atoms with Crippen LogP contribution in [0.4, 0.5) is 4.79 Å². The average molecular weight is 976 g/mol. The van der Waals surface area contributed by atoms with Crippen LogP contribution in [0, 0.1) is 3.57 Å². The van der Waals surface area contributed by atoms with E-state index in [2.05, 4.69) is 20.1 Å². The molecular weight excluding hydrogens is 930 g/mol. The molecule has 1 saturated heterocycles. The minimum Gasteiger partial charge on any atom is -0.497 e. The lowest BCUT2D eigenvalue weighted by atomic mass is 10.2. The summed E-state index contributed by atoms with van der Waals surface area (Å²) in [6.07, 6.45) is -2.07. The number of ether oxygens (including phenoxy) is 4. The van der Waals surface area contributed by atoms with Crippen LogP contribution in [0.1, 0.15) is 37.5 Å². The summed E-state index contributed by atoms with van der Waals surface area (Å²) in [5.41, 5.74) is 1.03. The van der Waals surface area contributed by atoms with Crippen molar-refractivity contribution in [2.75, 3.05) is 34.4 Å². The van der Waals surface area contributed by atoms with Gasteiger partial charge in [0.2, 0.25) is 25.9 Å². The van der Waals surface area contributed by atoms with E-state index < -0.39 is 53.7 Å². The van der Waals surface area contributed by atoms with E-state index in [-0.39, 0.29) is 44.1 Å². The molecule has 1 aliphatic heterocycles. The molecule has 1 aromatic heterocycles. The summed E-state index contributed by atoms with van der Waals surface area (Å²) < 4.78 is 85.6. The monoisotopic (exact) mass is 975 g/mol. The molecule has 2 heterocycles. The predicted molar refractivity (Wildman–Crippen MR) is 228 cm³/mol. The molecule has 1 aliphatic rings. The maximum Gasteiger partial charge on any atom is 0.410 e. The number of rotatable bonds is 15. The molecule has 6 rings (SSSR count). The first-order chi connectivity index (χ1) is 28.4. The number of nitrogens with zero attached hydrogens (tertiary/aromatic N) is 6. The molecule has 4 aromatic carbocycles. The highest BCUT2D eigenvalue weighted by atomic mass is 127. The number of amides is 1. The first-order valence-corrected chi connectivity index (χ1v) is 22.6. The van der Waals surface area contributed by atoms with Crippen LogP contribution >= 0.6 is 22.6 Å². The molecule has 2 N–H and O–H groups in total. The van der Waals surface area contributed by atoms with Crippen LogP contribution in [0.25, 0.3) is 11.4 Å². The summed E-state index contributed by atoms with van der Waals surface area (Å²) in [5.74, 6) is 1.63. The van der Waals surface area contributed by atoms with Crippen molar-refractivity contribution >= 4 is 48.7 Å². The van der Waals surface area contributed by atoms with Crippen LogP contribution in [-0.4, -0.2) is 110 Å². The summed E-state index contributed by atoms with van der Waals surface area (Å²) in [6, 6.07) is 22.3. The molecule has 0 saturated carbocycles. The zero-order chi connectivity index (χ0) is 43.4. The van der Waals surface area contributed by atoms with Crippen LogP contribution in [-0.2, 0) is 44.4 Å². The lowest BCUT2D eigenvalue weighted by Crippen LogP contribution is -2.44. The molecule has 1 fully saturated rings. The molecule has 20 heteroatoms. The standard InChI is InChI=1S/C40H46IN7O10S2/c1-40(2,3)58-39(50)46-24-33(34(49)25-46)44-59(51,52)35-20-19-32(41)36(38-42-45-48(43-38)23-28-11-17-31(57-6)18-12-28)37(35)60(53,54)47(21-26-7-13-29(55-4)14-8-26)22-27-9-15-30(56-5)16-10-27/h7-20,33-34,44,49H,21-25H2,1-6H3/t33-,34+/m1/s1. The quantitative estimate of drug-likeness (QED) is 0.137. The molecular formula is C40H46IN7O10S2. The third-order valence-electron chi connectivity index (χ3n) is 9.40. The van der Waals surface area contributed by atoms with E-state index in [1.165, 1.54) is 40.4 Å². The highest BCUT2D eigenvalue weighted by molar-refractivity contribution is 14.1. The van der Waals surface area contributed by atoms with E-state index in [0.717, 1.165) is 5.56 Å². The zero-order valence-corrected chi connectivity index (χ0v) is 37.6. The number of hydrogen-bond acceptors (Lipinski definition) is 13. The van der Waals surface area contributed by atoms with Crippen molar-refractivity contribution in [2.45, 2.75) is 67.9 Å². The summed E-state index contributed by atoms with van der Waals surface area (Å²) in [5, 5.41) is 24.0. The second kappa shape index (κ2) is 18.4. The van der Waals surface area contributed by atoms with E-state index in [9.17, 15) is 18.3 Å². The number of carbonyl (C=O) groups excluding carboxylic acids is 1. The van der Waals surface area contributed by atoms with Crippen molar-refractivity contribution in [1.82, 2.24) is 34.1 Å². The normalized spacial score (nSPS) is 15.9. The number of halogens is 1. The highest BCUT2D eigenvalue weighted by Crippen LogP contribution is 2.38. The maximum absolute atomic E-state index is 15.5. The van der Waals surface area contributed by atoms with Crippen molar-refractivity contribution in [3.05, 3.63) is 105 Å². The van der Waals surface area contributed by atoms with Crippen molar-refractivity contribution in [3.63, 3.8) is 0 Å². The van der Waals surface area contributed by atoms with Gasteiger partial charge in [0.15, 0.2) is 0 Å². The largest absolute Gasteiger partial charge is 0.497 e. The van der Waals surface area contributed by atoms with Gasteiger partial charge in [0.1, 0.15) is 32.6 Å². The molecule has 0 unspecified atom stereocenters. The predicted octanol–water partition coefficient (Wildman–Crippen LogP) is 4.67. The molecule has 0 radical (unpaired) electrons. The first-order valence-electron chi connectivity index (χ1n) is 18.6. The Morgan fingerprint density at radius 3 is 1.83 bits per heavy atom. The average Bonchev–Trinajstić information content (AvgIpc) is 3.83. The van der Waals surface area contributed by atoms with Crippen LogP contribution in [0.5, 0.6) is 17.2 Å². The molecule has 60 heavy (non-hydrogen) atoms. The maximum atomic E-state index is 15.5. The zero-order valence-electron chi connectivity index (χ0n) is 33.8. The van der Waals surface area contributed by atoms with E-state index >= 15 is 8.42 Å². The fraction of sp³-hybridized carbons (Fsp3) is 0.350. The Kier molecular flexibility index (Phi) is 13.7. The number of likely N-dealkylation sites (tertiary alicyclic amines) is 1. The molecule has 17 nitrogen and oxygen atoms in total. The third kappa shape index (κ3) is 10.5. The number of β-amino-alcohol motifs (C(OH)–C–C–N with tert-alkyl or cyclic N) is 1. The van der Waals surface area contributed by atoms with Gasteiger partial charge in [-0.2, -0.15) is 9.10 Å². The van der Waals surface area contributed by atoms with Gasteiger partial charge in [-0.15, -0.1) is 10.2 Å². The number of benzene rings is 4. The number of hydrogen-bond donors (Lipinski definition) is 2. The molecule has 1 amide bonds. The Bertz CT molecular complexity index is 2470. The van der Waals surface area contributed by atoms with Crippen LogP contribution in [0.2, 0.25) is 0 Å². The molecule has 0 spiro atoms. The lowest BCUT2D eigenvalue weighted by molar-refractivity contribution is 0.0270. The fourth-order valence-corrected chi connectivity index (χ4v) is 10.9. The van der Waals surface area contributed by atoms with Crippen LogP contribution in [0.15, 0.2) is 94.7 Å². The number of aromatic nitrogens is 4. The number of sulfonamides is 2. The topological polar surface area (TPSA) is 205 Å². The fourth-order valence-electron chi connectivity index (χ4n) is 6.39. The van der Waals surface area contributed by atoms with Gasteiger partial charge >= 0.3 is 6.09 Å². The Labute approximate surface area is 362 Å². The smallest absolute Gasteiger partial charge is 0.410 e. The number of aliphatic hydroxyl groups is 1. The third-order valence-corrected chi connectivity index (χ3v) is 13.8. The van der Waals surface area contributed by atoms with Gasteiger partial charge in [-0.1, -0.05) is 36.4 Å². The SMILES string of the molecule is COc1ccc(CN(Cc2ccc(OC)cc2)S(=O)(=O)c2c(S(=O)(=O)N[C@@H]3CN(C(=O)OC(C)(C)C)C[C@@H]3O)ccc(I)c2-c2nnn(Cc3ccc(OC)cc3)n2)cc1. The molecule has 5 aromatic rings. The Hall–Kier alpha value is -4.87. The second-order valence-corrected chi connectivity index (χ2v) is 19.6. The molecule has 0 aliphatic carbocycles. The molecule has 2 atom stereocenters. The van der Waals surface area contributed by atoms with Gasteiger partial charge in [0, 0.05) is 23.2 Å². The van der Waals surface area contributed by atoms with Crippen LogP contribution < -0.4 is 18.9 Å². The van der Waals surface area contributed by atoms with E-state index in [1.54, 1.807) is 88.5 Å². The van der Waals surface area contributed by atoms with Gasteiger partial charge in [0.05, 0.1) is 52.1 Å². The second-order valence-electron chi connectivity index (χ2n) is 14.9. The highest BCUT2D eigenvalue weighted by Gasteiger charge is 2.42.